The maximum Gasteiger partial charge on any atom is 0.264 e. The Bertz CT molecular complexity index is 902. The second-order valence-corrected chi connectivity index (χ2v) is 5.83. The van der Waals surface area contributed by atoms with Crippen molar-refractivity contribution < 1.29 is 0 Å². The van der Waals surface area contributed by atoms with Crippen LogP contribution in [0.1, 0.15) is 13.8 Å². The second kappa shape index (κ2) is 5.79. The molecule has 6 heteroatoms. The van der Waals surface area contributed by atoms with E-state index in [1.165, 1.54) is 10.9 Å². The summed E-state index contributed by atoms with van der Waals surface area (Å²) in [6.07, 6.45) is 5.02. The number of nitrogens with zero attached hydrogens (tertiary/aromatic N) is 5. The molecule has 0 aromatic carbocycles. The zero-order valence-electron chi connectivity index (χ0n) is 13.7. The van der Waals surface area contributed by atoms with Crippen molar-refractivity contribution in [3.63, 3.8) is 0 Å². The molecule has 0 amide bonds. The highest BCUT2D eigenvalue weighted by Gasteiger charge is 2.17. The van der Waals surface area contributed by atoms with E-state index in [9.17, 15) is 4.79 Å². The third kappa shape index (κ3) is 2.67. The predicted molar refractivity (Wildman–Crippen MR) is 91.5 cm³/mol. The zero-order chi connectivity index (χ0) is 16.6. The minimum Gasteiger partial charge on any atom is -0.357 e. The van der Waals surface area contributed by atoms with Crippen molar-refractivity contribution in [1.29, 1.82) is 0 Å². The molecule has 0 unspecified atom stereocenters. The SMILES string of the molecule is CC(C)N(C)c1nc(-c2cccnc2)cc2ncn(C)c(=O)c12. The first-order chi connectivity index (χ1) is 11.0. The van der Waals surface area contributed by atoms with Crippen molar-refractivity contribution in [1.82, 2.24) is 19.5 Å². The summed E-state index contributed by atoms with van der Waals surface area (Å²) in [5.41, 5.74) is 2.20. The van der Waals surface area contributed by atoms with Crippen LogP contribution in [0.3, 0.4) is 0 Å². The molecule has 0 saturated heterocycles. The predicted octanol–water partition coefficient (Wildman–Crippen LogP) is 2.24. The number of aromatic nitrogens is 4. The molecule has 0 saturated carbocycles. The fourth-order valence-corrected chi connectivity index (χ4v) is 2.37. The lowest BCUT2D eigenvalue weighted by molar-refractivity contribution is 0.745. The molecule has 6 nitrogen and oxygen atoms in total. The highest BCUT2D eigenvalue weighted by Crippen LogP contribution is 2.27. The molecule has 0 aliphatic heterocycles. The van der Waals surface area contributed by atoms with Gasteiger partial charge in [-0.1, -0.05) is 0 Å². The van der Waals surface area contributed by atoms with Crippen LogP contribution in [-0.2, 0) is 7.05 Å². The van der Waals surface area contributed by atoms with Crippen molar-refractivity contribution in [2.45, 2.75) is 19.9 Å². The molecule has 23 heavy (non-hydrogen) atoms. The molecule has 0 fully saturated rings. The van der Waals surface area contributed by atoms with Gasteiger partial charge in [0.2, 0.25) is 0 Å². The van der Waals surface area contributed by atoms with Crippen LogP contribution < -0.4 is 10.5 Å². The van der Waals surface area contributed by atoms with Gasteiger partial charge in [0.05, 0.1) is 17.5 Å². The van der Waals surface area contributed by atoms with E-state index in [0.29, 0.717) is 16.7 Å². The van der Waals surface area contributed by atoms with Gasteiger partial charge in [0.1, 0.15) is 11.2 Å². The molecule has 3 rings (SSSR count). The van der Waals surface area contributed by atoms with Crippen LogP contribution in [0.4, 0.5) is 5.82 Å². The molecule has 3 aromatic heterocycles. The van der Waals surface area contributed by atoms with E-state index >= 15 is 0 Å². The van der Waals surface area contributed by atoms with Gasteiger partial charge in [-0.2, -0.15) is 0 Å². The molecule has 0 radical (unpaired) electrons. The van der Waals surface area contributed by atoms with E-state index in [4.69, 9.17) is 4.98 Å². The third-order valence-electron chi connectivity index (χ3n) is 3.95. The molecule has 3 heterocycles. The van der Waals surface area contributed by atoms with Crippen molar-refractivity contribution in [3.8, 4) is 11.3 Å². The lowest BCUT2D eigenvalue weighted by Crippen LogP contribution is -2.29. The smallest absolute Gasteiger partial charge is 0.264 e. The summed E-state index contributed by atoms with van der Waals surface area (Å²) in [4.78, 5) is 27.8. The van der Waals surface area contributed by atoms with E-state index in [0.717, 1.165) is 11.3 Å². The van der Waals surface area contributed by atoms with Gasteiger partial charge in [-0.15, -0.1) is 0 Å². The summed E-state index contributed by atoms with van der Waals surface area (Å²) in [5, 5.41) is 0.541. The van der Waals surface area contributed by atoms with E-state index in [1.807, 2.05) is 30.1 Å². The van der Waals surface area contributed by atoms with Crippen LogP contribution in [0, 0.1) is 0 Å². The summed E-state index contributed by atoms with van der Waals surface area (Å²) < 4.78 is 1.48. The number of pyridine rings is 2. The number of aryl methyl sites for hydroxylation is 1. The monoisotopic (exact) mass is 309 g/mol. The Kier molecular flexibility index (Phi) is 3.82. The highest BCUT2D eigenvalue weighted by atomic mass is 16.1. The Morgan fingerprint density at radius 2 is 2.09 bits per heavy atom. The van der Waals surface area contributed by atoms with E-state index < -0.39 is 0 Å². The van der Waals surface area contributed by atoms with E-state index in [2.05, 4.69) is 23.8 Å². The van der Waals surface area contributed by atoms with Gasteiger partial charge in [0.25, 0.3) is 5.56 Å². The molecule has 0 aliphatic carbocycles. The molecule has 0 N–H and O–H groups in total. The lowest BCUT2D eigenvalue weighted by atomic mass is 10.1. The first-order valence-corrected chi connectivity index (χ1v) is 7.48. The minimum atomic E-state index is -0.0947. The highest BCUT2D eigenvalue weighted by molar-refractivity contribution is 5.91. The molecule has 0 aliphatic rings. The van der Waals surface area contributed by atoms with Gasteiger partial charge < -0.3 is 9.47 Å². The summed E-state index contributed by atoms with van der Waals surface area (Å²) in [6.45, 7) is 4.12. The van der Waals surface area contributed by atoms with Gasteiger partial charge in [0, 0.05) is 38.1 Å². The number of anilines is 1. The number of fused-ring (bicyclic) bond motifs is 1. The maximum absolute atomic E-state index is 12.6. The Hall–Kier alpha value is -2.76. The van der Waals surface area contributed by atoms with Crippen LogP contribution >= 0.6 is 0 Å². The molecule has 118 valence electrons. The quantitative estimate of drug-likeness (QED) is 0.742. The number of rotatable bonds is 3. The first kappa shape index (κ1) is 15.1. The third-order valence-corrected chi connectivity index (χ3v) is 3.95. The average Bonchev–Trinajstić information content (AvgIpc) is 2.57. The van der Waals surface area contributed by atoms with Gasteiger partial charge >= 0.3 is 0 Å². The topological polar surface area (TPSA) is 63.9 Å². The standard InChI is InChI=1S/C17H19N5O/c1-11(2)22(4)16-15-14(19-10-21(3)17(15)23)8-13(20-16)12-6-5-7-18-9-12/h5-11H,1-4H3. The number of hydrogen-bond donors (Lipinski definition) is 0. The second-order valence-electron chi connectivity index (χ2n) is 5.83. The van der Waals surface area contributed by atoms with Crippen LogP contribution in [0.5, 0.6) is 0 Å². The Labute approximate surface area is 134 Å². The molecule has 0 spiro atoms. The maximum atomic E-state index is 12.6. The van der Waals surface area contributed by atoms with E-state index in [-0.39, 0.29) is 11.6 Å². The van der Waals surface area contributed by atoms with E-state index in [1.54, 1.807) is 19.4 Å². The molecular formula is C17H19N5O. The minimum absolute atomic E-state index is 0.0947. The first-order valence-electron chi connectivity index (χ1n) is 7.48. The summed E-state index contributed by atoms with van der Waals surface area (Å²) in [6, 6.07) is 5.86. The summed E-state index contributed by atoms with van der Waals surface area (Å²) in [5.74, 6) is 0.644. The van der Waals surface area contributed by atoms with Crippen molar-refractivity contribution in [3.05, 3.63) is 47.3 Å². The van der Waals surface area contributed by atoms with Gasteiger partial charge in [0.15, 0.2) is 0 Å². The average molecular weight is 309 g/mol. The molecule has 0 bridgehead atoms. The van der Waals surface area contributed by atoms with Gasteiger partial charge in [-0.25, -0.2) is 9.97 Å². The largest absolute Gasteiger partial charge is 0.357 e. The molecular weight excluding hydrogens is 290 g/mol. The summed E-state index contributed by atoms with van der Waals surface area (Å²) >= 11 is 0. The van der Waals surface area contributed by atoms with Gasteiger partial charge in [-0.3, -0.25) is 9.78 Å². The zero-order valence-corrected chi connectivity index (χ0v) is 13.7. The van der Waals surface area contributed by atoms with Crippen LogP contribution in [0.15, 0.2) is 41.7 Å². The van der Waals surface area contributed by atoms with Crippen LogP contribution in [0.25, 0.3) is 22.2 Å². The fourth-order valence-electron chi connectivity index (χ4n) is 2.37. The van der Waals surface area contributed by atoms with Crippen LogP contribution in [0.2, 0.25) is 0 Å². The molecule has 3 aromatic rings. The van der Waals surface area contributed by atoms with Crippen molar-refractivity contribution in [2.24, 2.45) is 7.05 Å². The summed E-state index contributed by atoms with van der Waals surface area (Å²) in [7, 11) is 3.63. The van der Waals surface area contributed by atoms with Crippen LogP contribution in [-0.4, -0.2) is 32.6 Å². The van der Waals surface area contributed by atoms with Gasteiger partial charge in [-0.05, 0) is 32.0 Å². The fraction of sp³-hybridized carbons (Fsp3) is 0.294. The Morgan fingerprint density at radius 3 is 2.74 bits per heavy atom. The Balaban J connectivity index is 2.36. The Morgan fingerprint density at radius 1 is 1.30 bits per heavy atom. The van der Waals surface area contributed by atoms with Crippen molar-refractivity contribution in [2.75, 3.05) is 11.9 Å². The normalized spacial score (nSPS) is 11.2. The van der Waals surface area contributed by atoms with Crippen molar-refractivity contribution >= 4 is 16.7 Å². The molecule has 0 atom stereocenters. The number of hydrogen-bond acceptors (Lipinski definition) is 5. The lowest BCUT2D eigenvalue weighted by Gasteiger charge is -2.24.